The summed E-state index contributed by atoms with van der Waals surface area (Å²) in [4.78, 5) is 14.6. The molecule has 8 heteroatoms. The van der Waals surface area contributed by atoms with Crippen molar-refractivity contribution in [3.63, 3.8) is 0 Å². The number of anilines is 1. The number of hydrogen-bond acceptors (Lipinski definition) is 4. The molecule has 0 fully saturated rings. The van der Waals surface area contributed by atoms with Crippen molar-refractivity contribution in [1.29, 1.82) is 0 Å². The van der Waals surface area contributed by atoms with E-state index in [9.17, 15) is 9.18 Å². The quantitative estimate of drug-likeness (QED) is 0.711. The second-order valence-corrected chi connectivity index (χ2v) is 6.30. The number of rotatable bonds is 6. The highest BCUT2D eigenvalue weighted by Gasteiger charge is 2.19. The van der Waals surface area contributed by atoms with E-state index in [2.05, 4.69) is 20.6 Å². The number of carbonyl (C=O) groups is 1. The molecule has 0 aliphatic carbocycles. The third-order valence-corrected chi connectivity index (χ3v) is 3.99. The number of likely N-dealkylation sites (N-methyl/N-ethyl adjacent to an activating group) is 1. The van der Waals surface area contributed by atoms with Crippen molar-refractivity contribution in [2.45, 2.75) is 13.5 Å². The fraction of sp³-hybridized carbons (Fsp3) is 0.278. The number of benzene rings is 1. The summed E-state index contributed by atoms with van der Waals surface area (Å²) in [7, 11) is 3.95. The zero-order chi connectivity index (χ0) is 18.7. The normalized spacial score (nSPS) is 11.1. The van der Waals surface area contributed by atoms with Gasteiger partial charge in [0.15, 0.2) is 5.82 Å². The van der Waals surface area contributed by atoms with Crippen LogP contribution in [0.1, 0.15) is 16.1 Å². The first-order valence-corrected chi connectivity index (χ1v) is 8.24. The molecular formula is C18H21FN6O. The molecule has 3 rings (SSSR count). The molecule has 0 saturated heterocycles. The molecule has 7 nitrogen and oxygen atoms in total. The molecule has 0 aliphatic rings. The van der Waals surface area contributed by atoms with Crippen LogP contribution in [0.15, 0.2) is 36.7 Å². The Kier molecular flexibility index (Phi) is 5.13. The van der Waals surface area contributed by atoms with Gasteiger partial charge in [-0.15, -0.1) is 0 Å². The van der Waals surface area contributed by atoms with Crippen LogP contribution in [0.25, 0.3) is 11.1 Å². The predicted molar refractivity (Wildman–Crippen MR) is 97.5 cm³/mol. The number of aromatic nitrogens is 4. The van der Waals surface area contributed by atoms with E-state index in [0.717, 1.165) is 6.54 Å². The summed E-state index contributed by atoms with van der Waals surface area (Å²) >= 11 is 0. The van der Waals surface area contributed by atoms with Crippen molar-refractivity contribution in [2.75, 3.05) is 26.0 Å². The third kappa shape index (κ3) is 3.80. The predicted octanol–water partition coefficient (Wildman–Crippen LogP) is 2.53. The first-order chi connectivity index (χ1) is 12.5. The van der Waals surface area contributed by atoms with Crippen molar-refractivity contribution >= 4 is 11.7 Å². The van der Waals surface area contributed by atoms with Crippen LogP contribution in [-0.4, -0.2) is 51.4 Å². The molecule has 26 heavy (non-hydrogen) atoms. The summed E-state index contributed by atoms with van der Waals surface area (Å²) in [5, 5.41) is 13.8. The van der Waals surface area contributed by atoms with Crippen LogP contribution in [0.2, 0.25) is 0 Å². The highest BCUT2D eigenvalue weighted by atomic mass is 19.1. The molecule has 0 atom stereocenters. The maximum Gasteiger partial charge on any atom is 0.260 e. The molecule has 0 radical (unpaired) electrons. The SMILES string of the molecule is Cc1[nH]nc(NC(=O)c2cnn(CCN(C)C)c2)c1-c1ccccc1F. The van der Waals surface area contributed by atoms with E-state index in [4.69, 9.17) is 0 Å². The zero-order valence-corrected chi connectivity index (χ0v) is 15.0. The lowest BCUT2D eigenvalue weighted by Crippen LogP contribution is -2.18. The number of hydrogen-bond donors (Lipinski definition) is 2. The second kappa shape index (κ2) is 7.49. The fourth-order valence-corrected chi connectivity index (χ4v) is 2.60. The highest BCUT2D eigenvalue weighted by molar-refractivity contribution is 6.05. The molecule has 0 bridgehead atoms. The molecule has 2 aromatic heterocycles. The summed E-state index contributed by atoms with van der Waals surface area (Å²) in [6, 6.07) is 6.39. The highest BCUT2D eigenvalue weighted by Crippen LogP contribution is 2.31. The smallest absolute Gasteiger partial charge is 0.260 e. The van der Waals surface area contributed by atoms with E-state index in [1.54, 1.807) is 36.0 Å². The maximum absolute atomic E-state index is 14.2. The molecule has 136 valence electrons. The second-order valence-electron chi connectivity index (χ2n) is 6.30. The summed E-state index contributed by atoms with van der Waals surface area (Å²) < 4.78 is 15.9. The van der Waals surface area contributed by atoms with Crippen molar-refractivity contribution in [1.82, 2.24) is 24.9 Å². The summed E-state index contributed by atoms with van der Waals surface area (Å²) in [5.74, 6) is -0.423. The molecule has 0 aliphatic heterocycles. The van der Waals surface area contributed by atoms with Crippen LogP contribution in [0.5, 0.6) is 0 Å². The number of H-pyrrole nitrogens is 1. The number of amides is 1. The molecule has 0 unspecified atom stereocenters. The molecular weight excluding hydrogens is 335 g/mol. The topological polar surface area (TPSA) is 78.8 Å². The Hall–Kier alpha value is -3.00. The molecule has 2 N–H and O–H groups in total. The van der Waals surface area contributed by atoms with Crippen LogP contribution in [0, 0.1) is 12.7 Å². The first-order valence-electron chi connectivity index (χ1n) is 8.24. The Morgan fingerprint density at radius 1 is 1.35 bits per heavy atom. The van der Waals surface area contributed by atoms with E-state index in [0.29, 0.717) is 34.7 Å². The number of carbonyl (C=O) groups excluding carboxylic acids is 1. The monoisotopic (exact) mass is 356 g/mol. The molecule has 0 spiro atoms. The lowest BCUT2D eigenvalue weighted by atomic mass is 10.1. The van der Waals surface area contributed by atoms with Gasteiger partial charge in [0.05, 0.1) is 18.3 Å². The summed E-state index contributed by atoms with van der Waals surface area (Å²) in [6.07, 6.45) is 3.19. The molecule has 1 amide bonds. The molecule has 3 aromatic rings. The van der Waals surface area contributed by atoms with E-state index in [1.807, 2.05) is 19.0 Å². The van der Waals surface area contributed by atoms with Crippen molar-refractivity contribution < 1.29 is 9.18 Å². The van der Waals surface area contributed by atoms with Gasteiger partial charge in [-0.25, -0.2) is 4.39 Å². The van der Waals surface area contributed by atoms with Crippen LogP contribution in [0.3, 0.4) is 0 Å². The summed E-state index contributed by atoms with van der Waals surface area (Å²) in [6.45, 7) is 3.28. The lowest BCUT2D eigenvalue weighted by molar-refractivity contribution is 0.102. The van der Waals surface area contributed by atoms with Gasteiger partial charge in [0.1, 0.15) is 5.82 Å². The van der Waals surface area contributed by atoms with Crippen molar-refractivity contribution in [3.8, 4) is 11.1 Å². The first kappa shape index (κ1) is 17.8. The Balaban J connectivity index is 1.80. The van der Waals surface area contributed by atoms with E-state index < -0.39 is 0 Å². The summed E-state index contributed by atoms with van der Waals surface area (Å²) in [5.41, 5.74) is 2.02. The molecule has 2 heterocycles. The van der Waals surface area contributed by atoms with Gasteiger partial charge in [-0.05, 0) is 27.1 Å². The maximum atomic E-state index is 14.2. The van der Waals surface area contributed by atoms with Crippen LogP contribution in [0.4, 0.5) is 10.2 Å². The van der Waals surface area contributed by atoms with Gasteiger partial charge in [0.2, 0.25) is 0 Å². The third-order valence-electron chi connectivity index (χ3n) is 3.99. The fourth-order valence-electron chi connectivity index (χ4n) is 2.60. The average Bonchev–Trinajstić information content (AvgIpc) is 3.21. The van der Waals surface area contributed by atoms with Gasteiger partial charge >= 0.3 is 0 Å². The van der Waals surface area contributed by atoms with E-state index >= 15 is 0 Å². The van der Waals surface area contributed by atoms with Gasteiger partial charge in [-0.3, -0.25) is 14.6 Å². The van der Waals surface area contributed by atoms with Crippen LogP contribution >= 0.6 is 0 Å². The number of aromatic amines is 1. The standard InChI is InChI=1S/C18H21FN6O/c1-12-16(14-6-4-5-7-15(14)19)17(23-22-12)21-18(26)13-10-20-25(11-13)9-8-24(2)3/h4-7,10-11H,8-9H2,1-3H3,(H2,21,22,23,26). The minimum Gasteiger partial charge on any atom is -0.308 e. The van der Waals surface area contributed by atoms with E-state index in [1.165, 1.54) is 12.3 Å². The molecule has 1 aromatic carbocycles. The van der Waals surface area contributed by atoms with Crippen LogP contribution in [-0.2, 0) is 6.54 Å². The van der Waals surface area contributed by atoms with E-state index in [-0.39, 0.29) is 11.7 Å². The van der Waals surface area contributed by atoms with Gasteiger partial charge in [-0.1, -0.05) is 18.2 Å². The van der Waals surface area contributed by atoms with Crippen molar-refractivity contribution in [3.05, 3.63) is 53.7 Å². The minimum atomic E-state index is -0.371. The van der Waals surface area contributed by atoms with Crippen LogP contribution < -0.4 is 5.32 Å². The number of halogens is 1. The Bertz CT molecular complexity index is 914. The Morgan fingerprint density at radius 3 is 2.85 bits per heavy atom. The lowest BCUT2D eigenvalue weighted by Gasteiger charge is -2.08. The number of nitrogens with zero attached hydrogens (tertiary/aromatic N) is 4. The Morgan fingerprint density at radius 2 is 2.12 bits per heavy atom. The Labute approximate surface area is 150 Å². The molecule has 0 saturated carbocycles. The minimum absolute atomic E-state index is 0.290. The van der Waals surface area contributed by atoms with Gasteiger partial charge in [-0.2, -0.15) is 10.2 Å². The van der Waals surface area contributed by atoms with Crippen molar-refractivity contribution in [2.24, 2.45) is 0 Å². The van der Waals surface area contributed by atoms with Gasteiger partial charge in [0.25, 0.3) is 5.91 Å². The van der Waals surface area contributed by atoms with Gasteiger partial charge in [0, 0.05) is 29.6 Å². The number of aryl methyl sites for hydroxylation is 1. The zero-order valence-electron chi connectivity index (χ0n) is 15.0. The number of nitrogens with one attached hydrogen (secondary N) is 2. The van der Waals surface area contributed by atoms with Gasteiger partial charge < -0.3 is 10.2 Å². The average molecular weight is 356 g/mol. The largest absolute Gasteiger partial charge is 0.308 e.